The summed E-state index contributed by atoms with van der Waals surface area (Å²) >= 11 is 0. The van der Waals surface area contributed by atoms with E-state index in [1.165, 1.54) is 5.56 Å². The number of carbonyl (C=O) groups excluding carboxylic acids is 1. The Bertz CT molecular complexity index is 778. The molecule has 0 aliphatic carbocycles. The summed E-state index contributed by atoms with van der Waals surface area (Å²) < 4.78 is 5.34. The van der Waals surface area contributed by atoms with Gasteiger partial charge in [0, 0.05) is 58.1 Å². The Kier molecular flexibility index (Phi) is 6.71. The number of amides is 1. The minimum absolute atomic E-state index is 0.0696. The summed E-state index contributed by atoms with van der Waals surface area (Å²) in [7, 11) is 0. The first-order valence-electron chi connectivity index (χ1n) is 10.4. The molecule has 0 spiro atoms. The third-order valence-corrected chi connectivity index (χ3v) is 5.53. The van der Waals surface area contributed by atoms with Crippen molar-refractivity contribution in [2.75, 3.05) is 63.9 Å². The number of anilines is 1. The van der Waals surface area contributed by atoms with Gasteiger partial charge in [-0.2, -0.15) is 0 Å². The molecular formula is C22H29N5O2. The lowest BCUT2D eigenvalue weighted by molar-refractivity contribution is 0.0383. The topological polar surface area (TPSA) is 69.7 Å². The monoisotopic (exact) mass is 395 g/mol. The number of rotatable bonds is 6. The molecule has 2 aliphatic heterocycles. The number of hydrogen-bond acceptors (Lipinski definition) is 6. The number of morpholine rings is 1. The number of pyridine rings is 1. The van der Waals surface area contributed by atoms with Crippen molar-refractivity contribution in [2.24, 2.45) is 0 Å². The van der Waals surface area contributed by atoms with Gasteiger partial charge in [-0.3, -0.25) is 9.69 Å². The first-order valence-corrected chi connectivity index (χ1v) is 10.4. The van der Waals surface area contributed by atoms with E-state index in [4.69, 9.17) is 4.74 Å². The molecule has 154 valence electrons. The van der Waals surface area contributed by atoms with Gasteiger partial charge in [-0.15, -0.1) is 0 Å². The van der Waals surface area contributed by atoms with Crippen LogP contribution in [0.5, 0.6) is 0 Å². The number of benzene rings is 1. The molecule has 0 saturated carbocycles. The summed E-state index contributed by atoms with van der Waals surface area (Å²) in [4.78, 5) is 21.5. The third-order valence-electron chi connectivity index (χ3n) is 5.53. The maximum atomic E-state index is 12.4. The zero-order valence-electron chi connectivity index (χ0n) is 16.7. The first kappa shape index (κ1) is 19.8. The van der Waals surface area contributed by atoms with Gasteiger partial charge in [0.05, 0.1) is 18.8 Å². The van der Waals surface area contributed by atoms with Crippen LogP contribution < -0.4 is 15.5 Å². The normalized spacial score (nSPS) is 20.4. The summed E-state index contributed by atoms with van der Waals surface area (Å²) in [5.41, 5.74) is 1.89. The summed E-state index contributed by atoms with van der Waals surface area (Å²) in [6.45, 7) is 7.57. The predicted molar refractivity (Wildman–Crippen MR) is 113 cm³/mol. The number of aromatic nitrogens is 1. The highest BCUT2D eigenvalue weighted by molar-refractivity contribution is 5.94. The zero-order valence-corrected chi connectivity index (χ0v) is 16.7. The number of hydrogen-bond donors (Lipinski definition) is 2. The van der Waals surface area contributed by atoms with Crippen LogP contribution in [0.1, 0.15) is 22.0 Å². The molecule has 7 heteroatoms. The number of nitrogens with zero attached hydrogens (tertiary/aromatic N) is 3. The van der Waals surface area contributed by atoms with Crippen LogP contribution in [0, 0.1) is 0 Å². The number of ether oxygens (including phenoxy) is 1. The van der Waals surface area contributed by atoms with Gasteiger partial charge in [-0.05, 0) is 17.7 Å². The molecule has 7 nitrogen and oxygen atoms in total. The van der Waals surface area contributed by atoms with Crippen molar-refractivity contribution in [2.45, 2.75) is 6.04 Å². The summed E-state index contributed by atoms with van der Waals surface area (Å²) in [6.07, 6.45) is 1.68. The third kappa shape index (κ3) is 5.32. The van der Waals surface area contributed by atoms with Crippen molar-refractivity contribution in [3.8, 4) is 0 Å². The Morgan fingerprint density at radius 3 is 2.72 bits per heavy atom. The fraction of sp³-hybridized carbons (Fsp3) is 0.455. The van der Waals surface area contributed by atoms with Crippen LogP contribution in [0.2, 0.25) is 0 Å². The highest BCUT2D eigenvalue weighted by atomic mass is 16.5. The van der Waals surface area contributed by atoms with Crippen molar-refractivity contribution < 1.29 is 9.53 Å². The van der Waals surface area contributed by atoms with Crippen LogP contribution >= 0.6 is 0 Å². The Morgan fingerprint density at radius 2 is 1.97 bits per heavy atom. The van der Waals surface area contributed by atoms with E-state index in [0.717, 1.165) is 58.3 Å². The Balaban J connectivity index is 1.29. The minimum Gasteiger partial charge on any atom is -0.379 e. The molecule has 2 fully saturated rings. The van der Waals surface area contributed by atoms with E-state index in [9.17, 15) is 4.79 Å². The van der Waals surface area contributed by atoms with Crippen LogP contribution in [0.25, 0.3) is 0 Å². The van der Waals surface area contributed by atoms with Crippen molar-refractivity contribution >= 4 is 11.7 Å². The molecular weight excluding hydrogens is 366 g/mol. The smallest absolute Gasteiger partial charge is 0.252 e. The lowest BCUT2D eigenvalue weighted by Gasteiger charge is -2.34. The highest BCUT2D eigenvalue weighted by Gasteiger charge is 2.21. The maximum absolute atomic E-state index is 12.4. The number of nitrogens with one attached hydrogen (secondary N) is 2. The van der Waals surface area contributed by atoms with E-state index in [0.29, 0.717) is 12.1 Å². The van der Waals surface area contributed by atoms with Gasteiger partial charge in [0.15, 0.2) is 0 Å². The minimum atomic E-state index is -0.0696. The average Bonchev–Trinajstić information content (AvgIpc) is 2.80. The van der Waals surface area contributed by atoms with Gasteiger partial charge in [-0.25, -0.2) is 4.98 Å². The van der Waals surface area contributed by atoms with Crippen molar-refractivity contribution in [3.63, 3.8) is 0 Å². The Labute approximate surface area is 172 Å². The van der Waals surface area contributed by atoms with Gasteiger partial charge in [0.2, 0.25) is 0 Å². The van der Waals surface area contributed by atoms with Crippen molar-refractivity contribution in [3.05, 3.63) is 59.8 Å². The molecule has 0 bridgehead atoms. The van der Waals surface area contributed by atoms with Gasteiger partial charge in [-0.1, -0.05) is 30.3 Å². The van der Waals surface area contributed by atoms with Crippen LogP contribution in [0.15, 0.2) is 48.7 Å². The second-order valence-electron chi connectivity index (χ2n) is 7.48. The van der Waals surface area contributed by atoms with Crippen molar-refractivity contribution in [1.29, 1.82) is 0 Å². The van der Waals surface area contributed by atoms with E-state index < -0.39 is 0 Å². The molecule has 1 atom stereocenters. The van der Waals surface area contributed by atoms with Gasteiger partial charge >= 0.3 is 0 Å². The molecule has 29 heavy (non-hydrogen) atoms. The van der Waals surface area contributed by atoms with Crippen LogP contribution in [-0.2, 0) is 4.74 Å². The molecule has 0 unspecified atom stereocenters. The quantitative estimate of drug-likeness (QED) is 0.768. The van der Waals surface area contributed by atoms with E-state index in [-0.39, 0.29) is 11.9 Å². The summed E-state index contributed by atoms with van der Waals surface area (Å²) in [5.74, 6) is 0.845. The second kappa shape index (κ2) is 9.82. The lowest BCUT2D eigenvalue weighted by atomic mass is 10.0. The fourth-order valence-corrected chi connectivity index (χ4v) is 3.83. The SMILES string of the molecule is O=C(NCCN1CCOCC1)c1ccc(N2CCN[C@@H](c3ccccc3)C2)nc1. The van der Waals surface area contributed by atoms with Crippen molar-refractivity contribution in [1.82, 2.24) is 20.5 Å². The molecule has 2 aromatic rings. The lowest BCUT2D eigenvalue weighted by Crippen LogP contribution is -2.46. The maximum Gasteiger partial charge on any atom is 0.252 e. The summed E-state index contributed by atoms with van der Waals surface area (Å²) in [5, 5.41) is 6.56. The molecule has 1 aromatic carbocycles. The second-order valence-corrected chi connectivity index (χ2v) is 7.48. The molecule has 1 aromatic heterocycles. The summed E-state index contributed by atoms with van der Waals surface area (Å²) in [6, 6.07) is 14.6. The fourth-order valence-electron chi connectivity index (χ4n) is 3.83. The van der Waals surface area contributed by atoms with Crippen LogP contribution in [-0.4, -0.2) is 74.8 Å². The van der Waals surface area contributed by atoms with Crippen LogP contribution in [0.4, 0.5) is 5.82 Å². The van der Waals surface area contributed by atoms with E-state index in [1.807, 2.05) is 18.2 Å². The molecule has 2 saturated heterocycles. The van der Waals surface area contributed by atoms with Crippen LogP contribution in [0.3, 0.4) is 0 Å². The Hall–Kier alpha value is -2.48. The molecule has 2 N–H and O–H groups in total. The Morgan fingerprint density at radius 1 is 1.14 bits per heavy atom. The van der Waals surface area contributed by atoms with Gasteiger partial charge in [0.25, 0.3) is 5.91 Å². The zero-order chi connectivity index (χ0) is 19.9. The number of piperazine rings is 1. The molecule has 4 rings (SSSR count). The van der Waals surface area contributed by atoms with Gasteiger partial charge in [0.1, 0.15) is 5.82 Å². The number of carbonyl (C=O) groups is 1. The van der Waals surface area contributed by atoms with E-state index in [1.54, 1.807) is 6.20 Å². The highest BCUT2D eigenvalue weighted by Crippen LogP contribution is 2.21. The molecule has 3 heterocycles. The first-order chi connectivity index (χ1) is 14.3. The molecule has 0 radical (unpaired) electrons. The molecule has 2 aliphatic rings. The molecule has 1 amide bonds. The van der Waals surface area contributed by atoms with E-state index >= 15 is 0 Å². The average molecular weight is 396 g/mol. The predicted octanol–water partition coefficient (Wildman–Crippen LogP) is 1.29. The van der Waals surface area contributed by atoms with Gasteiger partial charge < -0.3 is 20.3 Å². The standard InChI is InChI=1S/C22H29N5O2/c28-22(24-8-10-26-12-14-29-15-13-26)19-6-7-21(25-16-19)27-11-9-23-20(17-27)18-4-2-1-3-5-18/h1-7,16,20,23H,8-15,17H2,(H,24,28)/t20-/m1/s1. The van der Waals surface area contributed by atoms with E-state index in [2.05, 4.69) is 49.7 Å². The largest absolute Gasteiger partial charge is 0.379 e.